The molecule has 10 heavy (non-hydrogen) atoms. The third kappa shape index (κ3) is 6.01. The largest absolute Gasteiger partial charge is 0.291 e. The van der Waals surface area contributed by atoms with E-state index in [1.165, 1.54) is 0 Å². The maximum absolute atomic E-state index is 5.04. The molecule has 1 radical (unpaired) electrons. The van der Waals surface area contributed by atoms with Gasteiger partial charge in [-0.1, -0.05) is 19.3 Å². The van der Waals surface area contributed by atoms with Gasteiger partial charge in [0.25, 0.3) is 0 Å². The van der Waals surface area contributed by atoms with Crippen LogP contribution in [0.5, 0.6) is 0 Å². The van der Waals surface area contributed by atoms with E-state index in [2.05, 4.69) is 17.7 Å². The van der Waals surface area contributed by atoms with Gasteiger partial charge in [0, 0.05) is 6.54 Å². The first kappa shape index (κ1) is 9.88. The number of hydrogen-bond acceptors (Lipinski definition) is 2. The van der Waals surface area contributed by atoms with Gasteiger partial charge in [-0.25, -0.2) is 0 Å². The highest BCUT2D eigenvalue weighted by Crippen LogP contribution is 1.82. The molecule has 0 rings (SSSR count). The number of hydroxylamine groups is 1. The molecule has 0 saturated heterocycles. The summed E-state index contributed by atoms with van der Waals surface area (Å²) in [5, 5.41) is 3.09. The Labute approximate surface area is 63.1 Å². The van der Waals surface area contributed by atoms with Crippen molar-refractivity contribution in [1.29, 1.82) is 0 Å². The molecule has 1 atom stereocenters. The molecule has 61 valence electrons. The smallest absolute Gasteiger partial charge is 0.128 e. The second-order valence-electron chi connectivity index (χ2n) is 2.16. The van der Waals surface area contributed by atoms with Crippen LogP contribution >= 0.6 is 0 Å². The van der Waals surface area contributed by atoms with Crippen LogP contribution in [0.1, 0.15) is 27.2 Å². The summed E-state index contributed by atoms with van der Waals surface area (Å²) in [6.07, 6.45) is 1.09. The number of rotatable bonds is 6. The van der Waals surface area contributed by atoms with E-state index in [0.29, 0.717) is 0 Å². The first-order valence-corrected chi connectivity index (χ1v) is 3.87. The van der Waals surface area contributed by atoms with Crippen molar-refractivity contribution in [3.63, 3.8) is 0 Å². The van der Waals surface area contributed by atoms with Gasteiger partial charge >= 0.3 is 0 Å². The van der Waals surface area contributed by atoms with Crippen molar-refractivity contribution < 1.29 is 4.84 Å². The Bertz CT molecular complexity index is 68.6. The molecule has 3 heteroatoms. The Morgan fingerprint density at radius 3 is 2.70 bits per heavy atom. The van der Waals surface area contributed by atoms with Crippen molar-refractivity contribution in [2.45, 2.75) is 33.4 Å². The Balaban J connectivity index is 2.97. The highest BCUT2D eigenvalue weighted by molar-refractivity contribution is 4.41. The van der Waals surface area contributed by atoms with Gasteiger partial charge in [-0.3, -0.25) is 10.2 Å². The number of nitrogens with zero attached hydrogens (tertiary/aromatic N) is 1. The summed E-state index contributed by atoms with van der Waals surface area (Å²) in [5.41, 5.74) is 3.85. The maximum Gasteiger partial charge on any atom is 0.128 e. The SMILES string of the molecule is CCC[N]OC(C)NCC. The molecule has 1 unspecified atom stereocenters. The fraction of sp³-hybridized carbons (Fsp3) is 1.00. The van der Waals surface area contributed by atoms with Gasteiger partial charge in [-0.2, -0.15) is 0 Å². The minimum atomic E-state index is 0.0524. The Hall–Kier alpha value is -0.120. The molecule has 0 bridgehead atoms. The van der Waals surface area contributed by atoms with Crippen LogP contribution in [0, 0.1) is 0 Å². The molecule has 3 nitrogen and oxygen atoms in total. The monoisotopic (exact) mass is 145 g/mol. The van der Waals surface area contributed by atoms with Crippen LogP contribution in [0.15, 0.2) is 0 Å². The maximum atomic E-state index is 5.04. The van der Waals surface area contributed by atoms with E-state index in [1.54, 1.807) is 0 Å². The van der Waals surface area contributed by atoms with Gasteiger partial charge in [0.1, 0.15) is 6.23 Å². The van der Waals surface area contributed by atoms with Crippen LogP contribution in [0.2, 0.25) is 0 Å². The third-order valence-electron chi connectivity index (χ3n) is 1.04. The predicted octanol–water partition coefficient (Wildman–Crippen LogP) is 0.888. The lowest BCUT2D eigenvalue weighted by Crippen LogP contribution is -2.31. The van der Waals surface area contributed by atoms with Crippen molar-refractivity contribution in [2.75, 3.05) is 13.1 Å². The van der Waals surface area contributed by atoms with E-state index in [0.717, 1.165) is 19.5 Å². The van der Waals surface area contributed by atoms with Crippen LogP contribution in [0.4, 0.5) is 0 Å². The molecule has 0 aromatic heterocycles. The molecule has 0 saturated carbocycles. The van der Waals surface area contributed by atoms with E-state index >= 15 is 0 Å². The standard InChI is InChI=1S/C7H17N2O/c1-4-6-9-10-7(3)8-5-2/h7-8H,4-6H2,1-3H3. The summed E-state index contributed by atoms with van der Waals surface area (Å²) in [6, 6.07) is 0. The first-order chi connectivity index (χ1) is 4.81. The zero-order chi connectivity index (χ0) is 7.82. The van der Waals surface area contributed by atoms with Gasteiger partial charge in [0.05, 0.1) is 0 Å². The lowest BCUT2D eigenvalue weighted by molar-refractivity contribution is -0.0377. The second-order valence-corrected chi connectivity index (χ2v) is 2.16. The third-order valence-corrected chi connectivity index (χ3v) is 1.04. The van der Waals surface area contributed by atoms with Gasteiger partial charge in [0.15, 0.2) is 0 Å². The van der Waals surface area contributed by atoms with Crippen LogP contribution in [0.3, 0.4) is 0 Å². The van der Waals surface area contributed by atoms with Gasteiger partial charge in [0.2, 0.25) is 0 Å². The molecule has 0 fully saturated rings. The molecular formula is C7H17N2O. The highest BCUT2D eigenvalue weighted by atomic mass is 16.7. The van der Waals surface area contributed by atoms with E-state index in [4.69, 9.17) is 4.84 Å². The summed E-state index contributed by atoms with van der Waals surface area (Å²) in [7, 11) is 0. The quantitative estimate of drug-likeness (QED) is 0.342. The summed E-state index contributed by atoms with van der Waals surface area (Å²) in [5.74, 6) is 0. The van der Waals surface area contributed by atoms with Crippen LogP contribution in [-0.2, 0) is 4.84 Å². The van der Waals surface area contributed by atoms with Gasteiger partial charge in [-0.15, -0.1) is 0 Å². The second kappa shape index (κ2) is 6.99. The molecule has 0 aliphatic heterocycles. The molecule has 0 amide bonds. The average Bonchev–Trinajstić information content (AvgIpc) is 1.89. The first-order valence-electron chi connectivity index (χ1n) is 3.87. The minimum absolute atomic E-state index is 0.0524. The summed E-state index contributed by atoms with van der Waals surface area (Å²) < 4.78 is 0. The zero-order valence-corrected chi connectivity index (χ0v) is 7.05. The normalized spacial score (nSPS) is 13.5. The average molecular weight is 145 g/mol. The van der Waals surface area contributed by atoms with E-state index in [1.807, 2.05) is 13.8 Å². The molecule has 0 aromatic rings. The summed E-state index contributed by atoms with van der Waals surface area (Å²) >= 11 is 0. The molecule has 0 aliphatic rings. The molecule has 1 N–H and O–H groups in total. The summed E-state index contributed by atoms with van der Waals surface area (Å²) in [4.78, 5) is 5.04. The minimum Gasteiger partial charge on any atom is -0.291 e. The molecular weight excluding hydrogens is 128 g/mol. The lowest BCUT2D eigenvalue weighted by atomic mass is 10.5. The van der Waals surface area contributed by atoms with Crippen molar-refractivity contribution in [3.8, 4) is 0 Å². The van der Waals surface area contributed by atoms with Crippen molar-refractivity contribution in [1.82, 2.24) is 10.8 Å². The van der Waals surface area contributed by atoms with E-state index in [-0.39, 0.29) is 6.23 Å². The van der Waals surface area contributed by atoms with E-state index < -0.39 is 0 Å². The Morgan fingerprint density at radius 2 is 2.20 bits per heavy atom. The topological polar surface area (TPSA) is 35.4 Å². The molecule has 0 spiro atoms. The zero-order valence-electron chi connectivity index (χ0n) is 7.05. The van der Waals surface area contributed by atoms with E-state index in [9.17, 15) is 0 Å². The van der Waals surface area contributed by atoms with Gasteiger partial charge in [-0.05, 0) is 19.9 Å². The van der Waals surface area contributed by atoms with Crippen molar-refractivity contribution >= 4 is 0 Å². The van der Waals surface area contributed by atoms with Crippen molar-refractivity contribution in [2.24, 2.45) is 0 Å². The summed E-state index contributed by atoms with van der Waals surface area (Å²) in [6.45, 7) is 7.77. The number of hydrogen-bond donors (Lipinski definition) is 1. The fourth-order valence-electron chi connectivity index (χ4n) is 0.581. The van der Waals surface area contributed by atoms with Crippen LogP contribution in [0.25, 0.3) is 0 Å². The number of nitrogens with one attached hydrogen (secondary N) is 1. The van der Waals surface area contributed by atoms with Crippen molar-refractivity contribution in [3.05, 3.63) is 0 Å². The molecule has 0 aliphatic carbocycles. The molecule has 0 aromatic carbocycles. The fourth-order valence-corrected chi connectivity index (χ4v) is 0.581. The van der Waals surface area contributed by atoms with Gasteiger partial charge < -0.3 is 0 Å². The Morgan fingerprint density at radius 1 is 1.50 bits per heavy atom. The lowest BCUT2D eigenvalue weighted by Gasteiger charge is -2.10. The predicted molar refractivity (Wildman–Crippen MR) is 41.5 cm³/mol. The highest BCUT2D eigenvalue weighted by Gasteiger charge is 1.97. The van der Waals surface area contributed by atoms with Crippen LogP contribution < -0.4 is 10.8 Å². The molecule has 0 heterocycles. The van der Waals surface area contributed by atoms with Crippen LogP contribution in [-0.4, -0.2) is 19.3 Å². The Kier molecular flexibility index (Phi) is 6.91.